The molecule has 2 atom stereocenters. The molecule has 2 rings (SSSR count). The summed E-state index contributed by atoms with van der Waals surface area (Å²) in [5.74, 6) is -0.331. The number of carbonyl (C=O) groups excluding carboxylic acids is 1. The van der Waals surface area contributed by atoms with E-state index >= 15 is 0 Å². The van der Waals surface area contributed by atoms with Crippen LogP contribution >= 0.6 is 15.9 Å². The smallest absolute Gasteiger partial charge is 0.249 e. The van der Waals surface area contributed by atoms with E-state index in [4.69, 9.17) is 0 Å². The largest absolute Gasteiger partial charge is 0.384 e. The van der Waals surface area contributed by atoms with Gasteiger partial charge in [0.1, 0.15) is 6.10 Å². The first-order chi connectivity index (χ1) is 8.09. The normalized spacial score (nSPS) is 20.5. The Hall–Kier alpha value is -0.940. The Kier molecular flexibility index (Phi) is 3.79. The number of aromatic nitrogens is 1. The van der Waals surface area contributed by atoms with E-state index in [-0.39, 0.29) is 11.9 Å². The van der Waals surface area contributed by atoms with E-state index in [2.05, 4.69) is 26.2 Å². The van der Waals surface area contributed by atoms with Crippen LogP contribution in [0.4, 0.5) is 0 Å². The predicted octanol–water partition coefficient (Wildman–Crippen LogP) is 1.72. The summed E-state index contributed by atoms with van der Waals surface area (Å²) in [4.78, 5) is 15.7. The van der Waals surface area contributed by atoms with Crippen LogP contribution in [0.5, 0.6) is 0 Å². The number of hydrogen-bond donors (Lipinski definition) is 2. The molecule has 0 spiro atoms. The lowest BCUT2D eigenvalue weighted by Gasteiger charge is -2.27. The topological polar surface area (TPSA) is 62.2 Å². The van der Waals surface area contributed by atoms with Crippen LogP contribution in [0.15, 0.2) is 16.9 Å². The average Bonchev–Trinajstić information content (AvgIpc) is 2.30. The molecule has 1 aliphatic rings. The lowest BCUT2D eigenvalue weighted by molar-refractivity contribution is -0.129. The zero-order chi connectivity index (χ0) is 12.4. The molecule has 1 unspecified atom stereocenters. The van der Waals surface area contributed by atoms with Gasteiger partial charge in [-0.05, 0) is 53.2 Å². The maximum atomic E-state index is 11.5. The summed E-state index contributed by atoms with van der Waals surface area (Å²) in [5.41, 5.74) is 2.27. The second kappa shape index (κ2) is 5.14. The van der Waals surface area contributed by atoms with Crippen LogP contribution in [0.1, 0.15) is 36.9 Å². The monoisotopic (exact) mass is 298 g/mol. The summed E-state index contributed by atoms with van der Waals surface area (Å²) >= 11 is 3.48. The molecule has 0 aliphatic heterocycles. The van der Waals surface area contributed by atoms with E-state index in [9.17, 15) is 9.90 Å². The van der Waals surface area contributed by atoms with Crippen molar-refractivity contribution in [1.82, 2.24) is 10.3 Å². The van der Waals surface area contributed by atoms with E-state index in [0.29, 0.717) is 0 Å². The summed E-state index contributed by atoms with van der Waals surface area (Å²) < 4.78 is 0.992. The number of halogens is 1. The Morgan fingerprint density at radius 3 is 3.12 bits per heavy atom. The number of fused-ring (bicyclic) bond motifs is 1. The highest BCUT2D eigenvalue weighted by Gasteiger charge is 2.24. The molecule has 5 heteroatoms. The number of aliphatic hydroxyl groups excluding tert-OH is 1. The van der Waals surface area contributed by atoms with Gasteiger partial charge in [0.15, 0.2) is 0 Å². The number of carbonyl (C=O) groups is 1. The van der Waals surface area contributed by atoms with E-state index < -0.39 is 6.10 Å². The molecule has 0 bridgehead atoms. The van der Waals surface area contributed by atoms with Crippen molar-refractivity contribution in [3.05, 3.63) is 28.0 Å². The first-order valence-electron chi connectivity index (χ1n) is 5.70. The third-order valence-corrected chi connectivity index (χ3v) is 3.71. The molecule has 2 N–H and O–H groups in total. The number of pyridine rings is 1. The molecule has 1 amide bonds. The van der Waals surface area contributed by atoms with E-state index in [1.807, 2.05) is 0 Å². The van der Waals surface area contributed by atoms with Crippen LogP contribution in [0, 0.1) is 0 Å². The highest BCUT2D eigenvalue weighted by Crippen LogP contribution is 2.33. The van der Waals surface area contributed by atoms with Crippen molar-refractivity contribution in [1.29, 1.82) is 0 Å². The van der Waals surface area contributed by atoms with Gasteiger partial charge in [0.05, 0.1) is 6.04 Å². The van der Waals surface area contributed by atoms with Crippen LogP contribution in [-0.2, 0) is 11.2 Å². The van der Waals surface area contributed by atoms with Crippen molar-refractivity contribution >= 4 is 21.8 Å². The van der Waals surface area contributed by atoms with Gasteiger partial charge >= 0.3 is 0 Å². The number of nitrogens with zero attached hydrogens (tertiary/aromatic N) is 1. The van der Waals surface area contributed by atoms with E-state index in [1.165, 1.54) is 12.5 Å². The maximum absolute atomic E-state index is 11.5. The van der Waals surface area contributed by atoms with Crippen molar-refractivity contribution in [2.45, 2.75) is 38.3 Å². The molecule has 1 aromatic heterocycles. The molecule has 1 heterocycles. The number of hydrogen-bond acceptors (Lipinski definition) is 3. The zero-order valence-electron chi connectivity index (χ0n) is 9.61. The van der Waals surface area contributed by atoms with Crippen LogP contribution in [0.25, 0.3) is 0 Å². The van der Waals surface area contributed by atoms with Gasteiger partial charge in [-0.15, -0.1) is 0 Å². The molecule has 0 saturated carbocycles. The van der Waals surface area contributed by atoms with Gasteiger partial charge in [0.25, 0.3) is 0 Å². The van der Waals surface area contributed by atoms with Gasteiger partial charge in [-0.2, -0.15) is 0 Å². The third kappa shape index (κ3) is 2.66. The van der Waals surface area contributed by atoms with Crippen LogP contribution in [-0.4, -0.2) is 22.1 Å². The van der Waals surface area contributed by atoms with Gasteiger partial charge in [0.2, 0.25) is 5.91 Å². The fourth-order valence-corrected chi connectivity index (χ4v) is 2.67. The molecule has 0 fully saturated rings. The Morgan fingerprint density at radius 1 is 1.65 bits per heavy atom. The Labute approximate surface area is 109 Å². The van der Waals surface area contributed by atoms with Crippen molar-refractivity contribution in [3.63, 3.8) is 0 Å². The highest BCUT2D eigenvalue weighted by atomic mass is 79.9. The number of amides is 1. The number of nitrogens with one attached hydrogen (secondary N) is 1. The quantitative estimate of drug-likeness (QED) is 0.874. The first-order valence-corrected chi connectivity index (χ1v) is 6.49. The summed E-state index contributed by atoms with van der Waals surface area (Å²) in [6, 6.07) is -0.0363. The van der Waals surface area contributed by atoms with E-state index in [0.717, 1.165) is 29.3 Å². The predicted molar refractivity (Wildman–Crippen MR) is 67.4 cm³/mol. The second-order valence-corrected chi connectivity index (χ2v) is 5.17. The third-order valence-electron chi connectivity index (χ3n) is 3.03. The molecule has 0 radical (unpaired) electrons. The number of rotatable bonds is 2. The minimum Gasteiger partial charge on any atom is -0.384 e. The lowest BCUT2D eigenvalue weighted by atomic mass is 9.89. The molecule has 4 nitrogen and oxygen atoms in total. The average molecular weight is 299 g/mol. The minimum absolute atomic E-state index is 0.0363. The van der Waals surface area contributed by atoms with Crippen LogP contribution < -0.4 is 5.32 Å². The molecule has 0 aromatic carbocycles. The van der Waals surface area contributed by atoms with Gasteiger partial charge in [-0.3, -0.25) is 9.78 Å². The van der Waals surface area contributed by atoms with Crippen molar-refractivity contribution in [3.8, 4) is 0 Å². The van der Waals surface area contributed by atoms with Gasteiger partial charge in [0, 0.05) is 16.9 Å². The molecule has 92 valence electrons. The van der Waals surface area contributed by atoms with Crippen molar-refractivity contribution in [2.75, 3.05) is 0 Å². The second-order valence-electron chi connectivity index (χ2n) is 4.32. The molecule has 1 aromatic rings. The summed E-state index contributed by atoms with van der Waals surface area (Å²) in [6.07, 6.45) is 5.52. The fraction of sp³-hybridized carbons (Fsp3) is 0.500. The summed E-state index contributed by atoms with van der Waals surface area (Å²) in [6.45, 7) is 1.47. The van der Waals surface area contributed by atoms with Crippen molar-refractivity contribution < 1.29 is 9.90 Å². The first kappa shape index (κ1) is 12.5. The number of aliphatic hydroxyl groups is 1. The standard InChI is InChI=1S/C12H15BrN2O2/c1-7(16)12(17)15-11-4-2-3-8-9(11)5-14-6-10(8)13/h5-7,11,16H,2-4H2,1H3,(H,15,17)/t7-,11?/m1/s1. The molecular weight excluding hydrogens is 284 g/mol. The van der Waals surface area contributed by atoms with E-state index in [1.54, 1.807) is 12.4 Å². The Bertz CT molecular complexity index is 435. The fourth-order valence-electron chi connectivity index (χ4n) is 2.12. The SMILES string of the molecule is C[C@@H](O)C(=O)NC1CCCc2c(Br)cncc21. The Morgan fingerprint density at radius 2 is 2.41 bits per heavy atom. The molecule has 17 heavy (non-hydrogen) atoms. The molecular formula is C12H15BrN2O2. The Balaban J connectivity index is 2.23. The molecule has 1 aliphatic carbocycles. The van der Waals surface area contributed by atoms with Gasteiger partial charge < -0.3 is 10.4 Å². The summed E-state index contributed by atoms with van der Waals surface area (Å²) in [7, 11) is 0. The van der Waals surface area contributed by atoms with Crippen molar-refractivity contribution in [2.24, 2.45) is 0 Å². The van der Waals surface area contributed by atoms with Crippen LogP contribution in [0.2, 0.25) is 0 Å². The maximum Gasteiger partial charge on any atom is 0.249 e. The van der Waals surface area contributed by atoms with Crippen LogP contribution in [0.3, 0.4) is 0 Å². The van der Waals surface area contributed by atoms with Gasteiger partial charge in [-0.1, -0.05) is 0 Å². The highest BCUT2D eigenvalue weighted by molar-refractivity contribution is 9.10. The zero-order valence-corrected chi connectivity index (χ0v) is 11.2. The lowest BCUT2D eigenvalue weighted by Crippen LogP contribution is -2.37. The minimum atomic E-state index is -0.972. The summed E-state index contributed by atoms with van der Waals surface area (Å²) in [5, 5.41) is 12.1. The molecule has 0 saturated heterocycles. The van der Waals surface area contributed by atoms with Gasteiger partial charge in [-0.25, -0.2) is 0 Å².